The molecule has 2 aliphatic heterocycles. The van der Waals surface area contributed by atoms with Crippen molar-refractivity contribution >= 4 is 6.09 Å². The van der Waals surface area contributed by atoms with Gasteiger partial charge >= 0.3 is 12.7 Å². The van der Waals surface area contributed by atoms with Gasteiger partial charge in [-0.15, -0.1) is 0 Å². The van der Waals surface area contributed by atoms with Crippen molar-refractivity contribution in [2.45, 2.75) is 69.9 Å². The molecular weight excluding hydrogens is 372 g/mol. The molecule has 3 rings (SSSR count). The summed E-state index contributed by atoms with van der Waals surface area (Å²) in [5.41, 5.74) is -1.26. The van der Waals surface area contributed by atoms with E-state index < -0.39 is 23.9 Å². The maximum absolute atomic E-state index is 12.7. The van der Waals surface area contributed by atoms with E-state index in [0.29, 0.717) is 18.8 Å². The molecule has 0 saturated carbocycles. The summed E-state index contributed by atoms with van der Waals surface area (Å²) in [5.74, 6) is 0.0573. The number of carbonyl (C=O) groups excluding carboxylic acids is 1. The predicted molar refractivity (Wildman–Crippen MR) is 97.4 cm³/mol. The molecule has 8 heteroatoms. The van der Waals surface area contributed by atoms with Gasteiger partial charge in [0.1, 0.15) is 11.4 Å². The summed E-state index contributed by atoms with van der Waals surface area (Å²) in [5, 5.41) is 11.2. The third-order valence-corrected chi connectivity index (χ3v) is 4.95. The minimum Gasteiger partial charge on any atom is -0.444 e. The number of ether oxygens (including phenoxy) is 3. The molecule has 2 unspecified atom stereocenters. The second-order valence-corrected chi connectivity index (χ2v) is 8.53. The molecular formula is C20H27F2NO5. The van der Waals surface area contributed by atoms with Crippen molar-refractivity contribution < 1.29 is 32.9 Å². The number of morpholine rings is 1. The Morgan fingerprint density at radius 1 is 1.29 bits per heavy atom. The van der Waals surface area contributed by atoms with Crippen LogP contribution >= 0.6 is 0 Å². The maximum Gasteiger partial charge on any atom is 0.410 e. The monoisotopic (exact) mass is 399 g/mol. The Kier molecular flexibility index (Phi) is 5.82. The van der Waals surface area contributed by atoms with Crippen LogP contribution in [0.5, 0.6) is 5.75 Å². The minimum absolute atomic E-state index is 0.0573. The highest BCUT2D eigenvalue weighted by atomic mass is 19.3. The number of rotatable bonds is 4. The molecule has 2 fully saturated rings. The summed E-state index contributed by atoms with van der Waals surface area (Å²) in [4.78, 5) is 14.3. The van der Waals surface area contributed by atoms with Crippen LogP contribution in [0.2, 0.25) is 0 Å². The molecule has 28 heavy (non-hydrogen) atoms. The van der Waals surface area contributed by atoms with Crippen LogP contribution in [0.1, 0.15) is 39.2 Å². The minimum atomic E-state index is -2.93. The third-order valence-electron chi connectivity index (χ3n) is 4.95. The zero-order valence-electron chi connectivity index (χ0n) is 16.4. The summed E-state index contributed by atoms with van der Waals surface area (Å²) in [6.45, 7) is 3.07. The van der Waals surface area contributed by atoms with Gasteiger partial charge in [0.2, 0.25) is 0 Å². The molecule has 2 saturated heterocycles. The molecule has 2 bridgehead atoms. The molecule has 0 aromatic heterocycles. The zero-order valence-corrected chi connectivity index (χ0v) is 16.4. The van der Waals surface area contributed by atoms with Crippen LogP contribution < -0.4 is 4.74 Å². The predicted octanol–water partition coefficient (Wildman–Crippen LogP) is 3.36. The van der Waals surface area contributed by atoms with Crippen molar-refractivity contribution in [2.75, 3.05) is 13.2 Å². The van der Waals surface area contributed by atoms with Crippen molar-refractivity contribution in [3.63, 3.8) is 0 Å². The molecule has 1 aromatic carbocycles. The number of hydrogen-bond acceptors (Lipinski definition) is 5. The van der Waals surface area contributed by atoms with Crippen molar-refractivity contribution in [1.29, 1.82) is 0 Å². The first-order valence-corrected chi connectivity index (χ1v) is 9.40. The summed E-state index contributed by atoms with van der Waals surface area (Å²) < 4.78 is 41.0. The van der Waals surface area contributed by atoms with E-state index >= 15 is 0 Å². The topological polar surface area (TPSA) is 68.2 Å². The van der Waals surface area contributed by atoms with Gasteiger partial charge < -0.3 is 19.3 Å². The van der Waals surface area contributed by atoms with Gasteiger partial charge in [0.25, 0.3) is 0 Å². The Morgan fingerprint density at radius 3 is 2.46 bits per heavy atom. The summed E-state index contributed by atoms with van der Waals surface area (Å²) in [6, 6.07) is 5.79. The van der Waals surface area contributed by atoms with Gasteiger partial charge in [0.15, 0.2) is 0 Å². The Balaban J connectivity index is 1.77. The van der Waals surface area contributed by atoms with Gasteiger partial charge in [-0.1, -0.05) is 18.2 Å². The lowest BCUT2D eigenvalue weighted by atomic mass is 9.77. The van der Waals surface area contributed by atoms with E-state index in [2.05, 4.69) is 4.74 Å². The van der Waals surface area contributed by atoms with E-state index in [9.17, 15) is 18.7 Å². The lowest BCUT2D eigenvalue weighted by Crippen LogP contribution is -2.64. The average Bonchev–Trinajstić information content (AvgIpc) is 2.53. The lowest BCUT2D eigenvalue weighted by molar-refractivity contribution is -0.137. The van der Waals surface area contributed by atoms with Crippen molar-refractivity contribution in [1.82, 2.24) is 4.90 Å². The largest absolute Gasteiger partial charge is 0.444 e. The van der Waals surface area contributed by atoms with E-state index in [0.717, 1.165) is 0 Å². The standard InChI is InChI=1S/C20H27F2NO5/c1-19(2,3)28-18(24)23-14-9-20(25,10-15(23)12-26-11-14)8-13-6-4-5-7-16(13)27-17(21)22/h4-7,14-15,17,25H,8-12H2,1-3H3. The SMILES string of the molecule is CC(C)(C)OC(=O)N1C2COCC1CC(O)(Cc1ccccc1OC(F)F)C2. The first kappa shape index (κ1) is 20.8. The Hall–Kier alpha value is -1.93. The number of benzene rings is 1. The van der Waals surface area contributed by atoms with Crippen molar-refractivity contribution in [3.05, 3.63) is 29.8 Å². The fourth-order valence-corrected chi connectivity index (χ4v) is 4.05. The van der Waals surface area contributed by atoms with Crippen LogP contribution in [0.15, 0.2) is 24.3 Å². The van der Waals surface area contributed by atoms with Crippen LogP contribution in [0.4, 0.5) is 13.6 Å². The van der Waals surface area contributed by atoms with Gasteiger partial charge in [-0.25, -0.2) is 4.79 Å². The summed E-state index contributed by atoms with van der Waals surface area (Å²) >= 11 is 0. The second-order valence-electron chi connectivity index (χ2n) is 8.53. The average molecular weight is 399 g/mol. The fourth-order valence-electron chi connectivity index (χ4n) is 4.05. The molecule has 6 nitrogen and oxygen atoms in total. The first-order valence-electron chi connectivity index (χ1n) is 9.40. The number of halogens is 2. The smallest absolute Gasteiger partial charge is 0.410 e. The Morgan fingerprint density at radius 2 is 1.89 bits per heavy atom. The summed E-state index contributed by atoms with van der Waals surface area (Å²) in [6.07, 6.45) is 0.275. The van der Waals surface area contributed by atoms with Crippen molar-refractivity contribution in [3.8, 4) is 5.75 Å². The number of nitrogens with zero attached hydrogens (tertiary/aromatic N) is 1. The van der Waals surface area contributed by atoms with Gasteiger partial charge in [-0.05, 0) is 45.2 Å². The van der Waals surface area contributed by atoms with Crippen LogP contribution in [0, 0.1) is 0 Å². The second kappa shape index (κ2) is 7.83. The number of fused-ring (bicyclic) bond motifs is 2. The number of hydrogen-bond donors (Lipinski definition) is 1. The van der Waals surface area contributed by atoms with E-state index in [1.54, 1.807) is 43.9 Å². The van der Waals surface area contributed by atoms with Gasteiger partial charge in [-0.2, -0.15) is 8.78 Å². The normalized spacial score (nSPS) is 27.6. The Bertz CT molecular complexity index is 692. The molecule has 0 aliphatic carbocycles. The number of carbonyl (C=O) groups is 1. The number of amides is 1. The number of piperidine rings is 1. The van der Waals surface area contributed by atoms with Gasteiger partial charge in [0, 0.05) is 6.42 Å². The molecule has 1 N–H and O–H groups in total. The fraction of sp³-hybridized carbons (Fsp3) is 0.650. The maximum atomic E-state index is 12.7. The van der Waals surface area contributed by atoms with E-state index in [4.69, 9.17) is 9.47 Å². The third kappa shape index (κ3) is 4.91. The van der Waals surface area contributed by atoms with Crippen LogP contribution in [0.3, 0.4) is 0 Å². The van der Waals surface area contributed by atoms with Crippen molar-refractivity contribution in [2.24, 2.45) is 0 Å². The molecule has 2 atom stereocenters. The molecule has 156 valence electrons. The van der Waals surface area contributed by atoms with E-state index in [1.165, 1.54) is 6.07 Å². The highest BCUT2D eigenvalue weighted by Gasteiger charge is 2.49. The van der Waals surface area contributed by atoms with Crippen LogP contribution in [-0.2, 0) is 15.9 Å². The highest BCUT2D eigenvalue weighted by Crippen LogP contribution is 2.38. The summed E-state index contributed by atoms with van der Waals surface area (Å²) in [7, 11) is 0. The quantitative estimate of drug-likeness (QED) is 0.841. The van der Waals surface area contributed by atoms with Crippen LogP contribution in [-0.4, -0.2) is 59.2 Å². The number of aliphatic hydroxyl groups is 1. The van der Waals surface area contributed by atoms with E-state index in [-0.39, 0.29) is 37.1 Å². The first-order chi connectivity index (χ1) is 13.1. The molecule has 0 spiro atoms. The zero-order chi connectivity index (χ0) is 20.5. The molecule has 2 aliphatic rings. The highest BCUT2D eigenvalue weighted by molar-refractivity contribution is 5.69. The molecule has 0 radical (unpaired) electrons. The van der Waals surface area contributed by atoms with Gasteiger partial charge in [0.05, 0.1) is 30.9 Å². The van der Waals surface area contributed by atoms with Gasteiger partial charge in [-0.3, -0.25) is 4.90 Å². The number of alkyl halides is 2. The van der Waals surface area contributed by atoms with Crippen LogP contribution in [0.25, 0.3) is 0 Å². The molecule has 1 aromatic rings. The molecule has 1 amide bonds. The number of para-hydroxylation sites is 1. The molecule has 2 heterocycles. The lowest BCUT2D eigenvalue weighted by Gasteiger charge is -2.51. The Labute approximate surface area is 163 Å². The van der Waals surface area contributed by atoms with E-state index in [1.807, 2.05) is 0 Å².